The van der Waals surface area contributed by atoms with Crippen LogP contribution in [0.2, 0.25) is 10.0 Å². The van der Waals surface area contributed by atoms with Gasteiger partial charge in [-0.05, 0) is 17.7 Å². The third-order valence-electron chi connectivity index (χ3n) is 1.31. The molecule has 0 bridgehead atoms. The van der Waals surface area contributed by atoms with Gasteiger partial charge in [0.1, 0.15) is 6.61 Å². The second-order valence-electron chi connectivity index (χ2n) is 2.15. The molecule has 0 aromatic heterocycles. The molecule has 0 radical (unpaired) electrons. The van der Waals surface area contributed by atoms with Gasteiger partial charge in [0.25, 0.3) is 0 Å². The Balaban J connectivity index is 2.75. The van der Waals surface area contributed by atoms with Crippen LogP contribution >= 0.6 is 23.2 Å². The number of halogens is 2. The molecule has 1 aromatic rings. The molecule has 0 atom stereocenters. The Labute approximate surface area is 80.7 Å². The maximum atomic E-state index is 5.76. The lowest BCUT2D eigenvalue weighted by Crippen LogP contribution is -1.85. The summed E-state index contributed by atoms with van der Waals surface area (Å²) in [4.78, 5) is 4.73. The predicted octanol–water partition coefficient (Wildman–Crippen LogP) is 3.13. The van der Waals surface area contributed by atoms with Crippen molar-refractivity contribution in [3.8, 4) is 0 Å². The lowest BCUT2D eigenvalue weighted by molar-refractivity contribution is 0.133. The van der Waals surface area contributed by atoms with Crippen molar-refractivity contribution in [1.82, 2.24) is 0 Å². The van der Waals surface area contributed by atoms with Gasteiger partial charge in [-0.15, -0.1) is 5.16 Å². The molecule has 0 aliphatic rings. The van der Waals surface area contributed by atoms with E-state index in [2.05, 4.69) is 11.9 Å². The average molecular weight is 204 g/mol. The zero-order valence-electron chi connectivity index (χ0n) is 6.26. The number of rotatable bonds is 3. The van der Waals surface area contributed by atoms with Gasteiger partial charge in [0, 0.05) is 6.72 Å². The van der Waals surface area contributed by atoms with Gasteiger partial charge in [-0.1, -0.05) is 29.3 Å². The van der Waals surface area contributed by atoms with E-state index in [9.17, 15) is 0 Å². The summed E-state index contributed by atoms with van der Waals surface area (Å²) in [6, 6.07) is 5.26. The highest BCUT2D eigenvalue weighted by Gasteiger charge is 1.98. The van der Waals surface area contributed by atoms with Gasteiger partial charge in [0.05, 0.1) is 10.0 Å². The summed E-state index contributed by atoms with van der Waals surface area (Å²) in [5, 5.41) is 4.31. The van der Waals surface area contributed by atoms with Gasteiger partial charge in [0.15, 0.2) is 0 Å². The Hall–Kier alpha value is -0.730. The van der Waals surface area contributed by atoms with Crippen molar-refractivity contribution in [1.29, 1.82) is 0 Å². The third kappa shape index (κ3) is 2.40. The summed E-state index contributed by atoms with van der Waals surface area (Å²) in [5.74, 6) is 0. The van der Waals surface area contributed by atoms with Crippen molar-refractivity contribution >= 4 is 29.9 Å². The monoisotopic (exact) mass is 203 g/mol. The standard InChI is InChI=1S/C8H7Cl2NO/c1-11-12-5-6-2-3-7(9)8(10)4-6/h2-4H,1,5H2. The van der Waals surface area contributed by atoms with E-state index in [4.69, 9.17) is 28.0 Å². The minimum Gasteiger partial charge on any atom is -0.391 e. The summed E-state index contributed by atoms with van der Waals surface area (Å²) in [7, 11) is 0. The van der Waals surface area contributed by atoms with Crippen molar-refractivity contribution < 1.29 is 4.84 Å². The molecular formula is C8H7Cl2NO. The first-order chi connectivity index (χ1) is 5.74. The molecule has 0 spiro atoms. The Morgan fingerprint density at radius 3 is 2.67 bits per heavy atom. The van der Waals surface area contributed by atoms with E-state index in [-0.39, 0.29) is 0 Å². The predicted molar refractivity (Wildman–Crippen MR) is 50.8 cm³/mol. The van der Waals surface area contributed by atoms with E-state index in [1.165, 1.54) is 0 Å². The van der Waals surface area contributed by atoms with Gasteiger partial charge in [0.2, 0.25) is 0 Å². The molecule has 0 heterocycles. The number of hydrogen-bond donors (Lipinski definition) is 0. The lowest BCUT2D eigenvalue weighted by atomic mass is 10.2. The molecule has 0 unspecified atom stereocenters. The van der Waals surface area contributed by atoms with Crippen molar-refractivity contribution in [3.05, 3.63) is 33.8 Å². The second kappa shape index (κ2) is 4.33. The number of benzene rings is 1. The molecule has 12 heavy (non-hydrogen) atoms. The van der Waals surface area contributed by atoms with Crippen LogP contribution in [0.5, 0.6) is 0 Å². The first-order valence-electron chi connectivity index (χ1n) is 3.26. The Morgan fingerprint density at radius 2 is 2.08 bits per heavy atom. The van der Waals surface area contributed by atoms with Crippen LogP contribution in [0.1, 0.15) is 5.56 Å². The maximum Gasteiger partial charge on any atom is 0.142 e. The van der Waals surface area contributed by atoms with Gasteiger partial charge < -0.3 is 4.84 Å². The topological polar surface area (TPSA) is 21.6 Å². The fourth-order valence-corrected chi connectivity index (χ4v) is 1.07. The molecule has 0 saturated heterocycles. The number of oxime groups is 1. The fourth-order valence-electron chi connectivity index (χ4n) is 0.750. The molecule has 0 saturated carbocycles. The van der Waals surface area contributed by atoms with Crippen LogP contribution in [0.25, 0.3) is 0 Å². The van der Waals surface area contributed by atoms with Gasteiger partial charge in [-0.2, -0.15) is 0 Å². The Morgan fingerprint density at radius 1 is 1.33 bits per heavy atom. The first kappa shape index (κ1) is 9.36. The van der Waals surface area contributed by atoms with E-state index >= 15 is 0 Å². The van der Waals surface area contributed by atoms with Crippen LogP contribution in [0.3, 0.4) is 0 Å². The van der Waals surface area contributed by atoms with Crippen LogP contribution in [-0.4, -0.2) is 6.72 Å². The summed E-state index contributed by atoms with van der Waals surface area (Å²) in [6.45, 7) is 3.55. The Bertz CT molecular complexity index is 288. The van der Waals surface area contributed by atoms with Crippen molar-refractivity contribution in [2.24, 2.45) is 5.16 Å². The van der Waals surface area contributed by atoms with Gasteiger partial charge in [-0.3, -0.25) is 0 Å². The quantitative estimate of drug-likeness (QED) is 0.547. The molecule has 0 fully saturated rings. The fraction of sp³-hybridized carbons (Fsp3) is 0.125. The zero-order valence-corrected chi connectivity index (χ0v) is 7.77. The lowest BCUT2D eigenvalue weighted by Gasteiger charge is -2.00. The van der Waals surface area contributed by atoms with E-state index in [1.807, 2.05) is 6.07 Å². The first-order valence-corrected chi connectivity index (χ1v) is 4.01. The largest absolute Gasteiger partial charge is 0.391 e. The summed E-state index contributed by atoms with van der Waals surface area (Å²) >= 11 is 11.5. The molecule has 0 aliphatic heterocycles. The second-order valence-corrected chi connectivity index (χ2v) is 2.97. The molecule has 0 N–H and O–H groups in total. The van der Waals surface area contributed by atoms with Gasteiger partial charge >= 0.3 is 0 Å². The summed E-state index contributed by atoms with van der Waals surface area (Å²) in [6.07, 6.45) is 0. The molecule has 0 aliphatic carbocycles. The highest BCUT2D eigenvalue weighted by molar-refractivity contribution is 6.41. The summed E-state index contributed by atoms with van der Waals surface area (Å²) < 4.78 is 0. The molecule has 0 amide bonds. The van der Waals surface area contributed by atoms with E-state index in [0.29, 0.717) is 16.7 Å². The maximum absolute atomic E-state index is 5.76. The van der Waals surface area contributed by atoms with Crippen molar-refractivity contribution in [2.75, 3.05) is 0 Å². The van der Waals surface area contributed by atoms with Crippen LogP contribution < -0.4 is 0 Å². The highest BCUT2D eigenvalue weighted by atomic mass is 35.5. The average Bonchev–Trinajstić information content (AvgIpc) is 2.07. The van der Waals surface area contributed by atoms with Crippen LogP contribution in [0, 0.1) is 0 Å². The minimum absolute atomic E-state index is 0.361. The number of nitrogens with zero attached hydrogens (tertiary/aromatic N) is 1. The molecule has 4 heteroatoms. The normalized spacial score (nSPS) is 9.50. The van der Waals surface area contributed by atoms with Crippen molar-refractivity contribution in [3.63, 3.8) is 0 Å². The van der Waals surface area contributed by atoms with E-state index in [1.54, 1.807) is 12.1 Å². The molecule has 1 rings (SSSR count). The zero-order chi connectivity index (χ0) is 8.97. The van der Waals surface area contributed by atoms with Crippen LogP contribution in [0.4, 0.5) is 0 Å². The molecule has 2 nitrogen and oxygen atoms in total. The Kier molecular flexibility index (Phi) is 3.38. The minimum atomic E-state index is 0.361. The molecule has 1 aromatic carbocycles. The molecular weight excluding hydrogens is 197 g/mol. The SMILES string of the molecule is C=NOCc1ccc(Cl)c(Cl)c1. The number of hydrogen-bond acceptors (Lipinski definition) is 2. The third-order valence-corrected chi connectivity index (χ3v) is 2.05. The van der Waals surface area contributed by atoms with Crippen molar-refractivity contribution in [2.45, 2.75) is 6.61 Å². The van der Waals surface area contributed by atoms with E-state index in [0.717, 1.165) is 5.56 Å². The van der Waals surface area contributed by atoms with Crippen LogP contribution in [-0.2, 0) is 11.4 Å². The molecule has 64 valence electrons. The summed E-state index contributed by atoms with van der Waals surface area (Å²) in [5.41, 5.74) is 0.914. The van der Waals surface area contributed by atoms with Gasteiger partial charge in [-0.25, -0.2) is 0 Å². The highest BCUT2D eigenvalue weighted by Crippen LogP contribution is 2.22. The van der Waals surface area contributed by atoms with Crippen LogP contribution in [0.15, 0.2) is 23.4 Å². The smallest absolute Gasteiger partial charge is 0.142 e. The van der Waals surface area contributed by atoms with E-state index < -0.39 is 0 Å².